The minimum atomic E-state index is 0.0915. The summed E-state index contributed by atoms with van der Waals surface area (Å²) in [5.74, 6) is 0. The second kappa shape index (κ2) is 4.56. The van der Waals surface area contributed by atoms with Gasteiger partial charge >= 0.3 is 0 Å². The smallest absolute Gasteiger partial charge is 0.0497 e. The Balaban J connectivity index is 2.02. The molecule has 1 aromatic carbocycles. The Bertz CT molecular complexity index is 338. The fourth-order valence-electron chi connectivity index (χ4n) is 2.70. The van der Waals surface area contributed by atoms with Crippen molar-refractivity contribution in [1.82, 2.24) is 4.90 Å². The molecule has 0 aromatic heterocycles. The van der Waals surface area contributed by atoms with E-state index in [1.165, 1.54) is 5.56 Å². The molecule has 0 aliphatic carbocycles. The van der Waals surface area contributed by atoms with E-state index >= 15 is 0 Å². The molecule has 2 nitrogen and oxygen atoms in total. The predicted molar refractivity (Wildman–Crippen MR) is 66.1 cm³/mol. The van der Waals surface area contributed by atoms with E-state index in [1.54, 1.807) is 0 Å². The maximum atomic E-state index is 9.40. The van der Waals surface area contributed by atoms with Gasteiger partial charge in [-0.3, -0.25) is 4.90 Å². The van der Waals surface area contributed by atoms with Gasteiger partial charge in [-0.1, -0.05) is 37.3 Å². The summed E-state index contributed by atoms with van der Waals surface area (Å²) < 4.78 is 0. The quantitative estimate of drug-likeness (QED) is 0.843. The minimum Gasteiger partial charge on any atom is -0.396 e. The zero-order valence-electron chi connectivity index (χ0n) is 10.2. The topological polar surface area (TPSA) is 23.5 Å². The highest BCUT2D eigenvalue weighted by Crippen LogP contribution is 2.34. The molecule has 2 atom stereocenters. The first-order valence-corrected chi connectivity index (χ1v) is 6.02. The van der Waals surface area contributed by atoms with Crippen LogP contribution in [-0.4, -0.2) is 29.2 Å². The third kappa shape index (κ3) is 2.45. The molecule has 88 valence electrons. The molecule has 0 amide bonds. The molecule has 0 saturated carbocycles. The van der Waals surface area contributed by atoms with E-state index in [4.69, 9.17) is 0 Å². The van der Waals surface area contributed by atoms with Gasteiger partial charge in [-0.2, -0.15) is 0 Å². The van der Waals surface area contributed by atoms with Crippen LogP contribution in [0.3, 0.4) is 0 Å². The summed E-state index contributed by atoms with van der Waals surface area (Å²) in [4.78, 5) is 2.46. The summed E-state index contributed by atoms with van der Waals surface area (Å²) in [6.45, 7) is 6.72. The highest BCUT2D eigenvalue weighted by Gasteiger charge is 2.37. The maximum Gasteiger partial charge on any atom is 0.0497 e. The molecule has 1 N–H and O–H groups in total. The Morgan fingerprint density at radius 2 is 2.06 bits per heavy atom. The van der Waals surface area contributed by atoms with E-state index in [1.807, 2.05) is 0 Å². The number of hydrogen-bond acceptors (Lipinski definition) is 2. The number of hydrogen-bond donors (Lipinski definition) is 1. The van der Waals surface area contributed by atoms with Crippen LogP contribution in [0, 0.1) is 5.41 Å². The van der Waals surface area contributed by atoms with Gasteiger partial charge in [-0.25, -0.2) is 0 Å². The average molecular weight is 219 g/mol. The van der Waals surface area contributed by atoms with Crippen LogP contribution in [0.1, 0.15) is 25.8 Å². The molecular formula is C14H21NO. The lowest BCUT2D eigenvalue weighted by Crippen LogP contribution is -2.29. The molecule has 0 spiro atoms. The fourth-order valence-corrected chi connectivity index (χ4v) is 2.70. The Labute approximate surface area is 97.9 Å². The second-order valence-corrected chi connectivity index (χ2v) is 5.41. The lowest BCUT2D eigenvalue weighted by atomic mass is 9.89. The SMILES string of the molecule is C[C@H]1C[C@](C)(CO)CN1Cc1ccccc1. The van der Waals surface area contributed by atoms with E-state index in [2.05, 4.69) is 49.1 Å². The van der Waals surface area contributed by atoms with Crippen LogP contribution in [0.4, 0.5) is 0 Å². The Kier molecular flexibility index (Phi) is 3.31. The van der Waals surface area contributed by atoms with Gasteiger partial charge in [0.25, 0.3) is 0 Å². The molecule has 16 heavy (non-hydrogen) atoms. The molecule has 1 fully saturated rings. The summed E-state index contributed by atoms with van der Waals surface area (Å²) in [6.07, 6.45) is 1.09. The molecule has 2 rings (SSSR count). The minimum absolute atomic E-state index is 0.0915. The van der Waals surface area contributed by atoms with Gasteiger partial charge in [0.1, 0.15) is 0 Å². The van der Waals surface area contributed by atoms with Crippen molar-refractivity contribution in [3.63, 3.8) is 0 Å². The Morgan fingerprint density at radius 3 is 2.62 bits per heavy atom. The van der Waals surface area contributed by atoms with E-state index < -0.39 is 0 Å². The zero-order chi connectivity index (χ0) is 11.6. The highest BCUT2D eigenvalue weighted by molar-refractivity contribution is 5.15. The van der Waals surface area contributed by atoms with E-state index in [0.29, 0.717) is 12.6 Å². The number of likely N-dealkylation sites (tertiary alicyclic amines) is 1. The van der Waals surface area contributed by atoms with Crippen molar-refractivity contribution >= 4 is 0 Å². The number of aliphatic hydroxyl groups excluding tert-OH is 1. The van der Waals surface area contributed by atoms with Gasteiger partial charge in [-0.15, -0.1) is 0 Å². The number of nitrogens with zero attached hydrogens (tertiary/aromatic N) is 1. The molecule has 0 unspecified atom stereocenters. The van der Waals surface area contributed by atoms with Crippen molar-refractivity contribution < 1.29 is 5.11 Å². The van der Waals surface area contributed by atoms with Crippen LogP contribution in [0.25, 0.3) is 0 Å². The second-order valence-electron chi connectivity index (χ2n) is 5.41. The van der Waals surface area contributed by atoms with Crippen molar-refractivity contribution in [3.8, 4) is 0 Å². The lowest BCUT2D eigenvalue weighted by Gasteiger charge is -2.23. The molecule has 0 bridgehead atoms. The van der Waals surface area contributed by atoms with Crippen LogP contribution in [0.5, 0.6) is 0 Å². The molecule has 2 heteroatoms. The fraction of sp³-hybridized carbons (Fsp3) is 0.571. The monoisotopic (exact) mass is 219 g/mol. The van der Waals surface area contributed by atoms with Crippen LogP contribution in [0.15, 0.2) is 30.3 Å². The number of rotatable bonds is 3. The van der Waals surface area contributed by atoms with Crippen molar-refractivity contribution in [1.29, 1.82) is 0 Å². The molecule has 0 radical (unpaired) electrons. The van der Waals surface area contributed by atoms with Crippen LogP contribution in [0.2, 0.25) is 0 Å². The van der Waals surface area contributed by atoms with Gasteiger partial charge in [0.05, 0.1) is 0 Å². The maximum absolute atomic E-state index is 9.40. The van der Waals surface area contributed by atoms with Gasteiger partial charge in [0.15, 0.2) is 0 Å². The molecule has 1 saturated heterocycles. The van der Waals surface area contributed by atoms with Crippen LogP contribution in [-0.2, 0) is 6.54 Å². The van der Waals surface area contributed by atoms with Crippen molar-refractivity contribution in [3.05, 3.63) is 35.9 Å². The van der Waals surface area contributed by atoms with Gasteiger partial charge < -0.3 is 5.11 Å². The van der Waals surface area contributed by atoms with Gasteiger partial charge in [-0.05, 0) is 18.9 Å². The number of benzene rings is 1. The first kappa shape index (κ1) is 11.6. The summed E-state index contributed by atoms with van der Waals surface area (Å²) in [6, 6.07) is 11.1. The summed E-state index contributed by atoms with van der Waals surface area (Å²) in [5, 5.41) is 9.40. The Morgan fingerprint density at radius 1 is 1.38 bits per heavy atom. The van der Waals surface area contributed by atoms with Crippen LogP contribution >= 0.6 is 0 Å². The van der Waals surface area contributed by atoms with Crippen molar-refractivity contribution in [2.45, 2.75) is 32.9 Å². The number of aliphatic hydroxyl groups is 1. The largest absolute Gasteiger partial charge is 0.396 e. The summed E-state index contributed by atoms with van der Waals surface area (Å²) in [7, 11) is 0. The van der Waals surface area contributed by atoms with Gasteiger partial charge in [0.2, 0.25) is 0 Å². The first-order valence-electron chi connectivity index (χ1n) is 6.02. The highest BCUT2D eigenvalue weighted by atomic mass is 16.3. The van der Waals surface area contributed by atoms with E-state index in [0.717, 1.165) is 19.5 Å². The molecule has 1 aliphatic heterocycles. The third-order valence-electron chi connectivity index (χ3n) is 3.61. The molecule has 1 aliphatic rings. The zero-order valence-corrected chi connectivity index (χ0v) is 10.2. The third-order valence-corrected chi connectivity index (χ3v) is 3.61. The average Bonchev–Trinajstić information content (AvgIpc) is 2.57. The van der Waals surface area contributed by atoms with Crippen molar-refractivity contribution in [2.75, 3.05) is 13.2 Å². The van der Waals surface area contributed by atoms with Crippen LogP contribution < -0.4 is 0 Å². The standard InChI is InChI=1S/C14H21NO/c1-12-8-14(2,11-16)10-15(12)9-13-6-4-3-5-7-13/h3-7,12,16H,8-11H2,1-2H3/t12-,14-/m0/s1. The summed E-state index contributed by atoms with van der Waals surface area (Å²) in [5.41, 5.74) is 1.45. The van der Waals surface area contributed by atoms with E-state index in [-0.39, 0.29) is 5.41 Å². The lowest BCUT2D eigenvalue weighted by molar-refractivity contribution is 0.143. The predicted octanol–water partition coefficient (Wildman–Crippen LogP) is 2.28. The van der Waals surface area contributed by atoms with Crippen molar-refractivity contribution in [2.24, 2.45) is 5.41 Å². The normalized spacial score (nSPS) is 30.8. The summed E-state index contributed by atoms with van der Waals surface area (Å²) >= 11 is 0. The molecular weight excluding hydrogens is 198 g/mol. The van der Waals surface area contributed by atoms with E-state index in [9.17, 15) is 5.11 Å². The van der Waals surface area contributed by atoms with Gasteiger partial charge in [0, 0.05) is 31.2 Å². The first-order chi connectivity index (χ1) is 7.63. The molecule has 1 heterocycles. The molecule has 1 aromatic rings. The Hall–Kier alpha value is -0.860.